The third kappa shape index (κ3) is 5.41. The van der Waals surface area contributed by atoms with Gasteiger partial charge in [0.15, 0.2) is 0 Å². The van der Waals surface area contributed by atoms with Crippen LogP contribution in [0.15, 0.2) is 24.3 Å². The van der Waals surface area contributed by atoms with Crippen LogP contribution >= 0.6 is 11.6 Å². The molecule has 0 radical (unpaired) electrons. The molecule has 0 unspecified atom stereocenters. The topological polar surface area (TPSA) is 67.9 Å². The Balaban J connectivity index is 1.82. The maximum atomic E-state index is 12.2. The Kier molecular flexibility index (Phi) is 6.67. The van der Waals surface area contributed by atoms with Gasteiger partial charge in [-0.05, 0) is 24.6 Å². The molecular weight excluding hydrogens is 320 g/mol. The first-order valence-electron chi connectivity index (χ1n) is 7.65. The van der Waals surface area contributed by atoms with Gasteiger partial charge in [-0.15, -0.1) is 0 Å². The average Bonchev–Trinajstić information content (AvgIpc) is 2.56. The molecule has 1 aliphatic heterocycles. The van der Waals surface area contributed by atoms with Gasteiger partial charge in [-0.25, -0.2) is 4.79 Å². The summed E-state index contributed by atoms with van der Waals surface area (Å²) < 4.78 is 10.5. The van der Waals surface area contributed by atoms with E-state index in [9.17, 15) is 9.59 Å². The number of esters is 1. The molecule has 0 aromatic heterocycles. The Labute approximate surface area is 140 Å². The summed E-state index contributed by atoms with van der Waals surface area (Å²) in [4.78, 5) is 25.1. The zero-order valence-electron chi connectivity index (χ0n) is 13.1. The summed E-state index contributed by atoms with van der Waals surface area (Å²) in [5.41, 5.74) is 0.985. The lowest BCUT2D eigenvalue weighted by Crippen LogP contribution is -2.47. The second kappa shape index (κ2) is 8.74. The minimum atomic E-state index is -0.311. The number of morpholine rings is 1. The summed E-state index contributed by atoms with van der Waals surface area (Å²) in [7, 11) is 0. The molecule has 0 spiro atoms. The van der Waals surface area contributed by atoms with Gasteiger partial charge in [0, 0.05) is 18.1 Å². The van der Waals surface area contributed by atoms with Gasteiger partial charge in [-0.2, -0.15) is 0 Å². The van der Waals surface area contributed by atoms with Gasteiger partial charge >= 0.3 is 12.0 Å². The second-order valence-corrected chi connectivity index (χ2v) is 5.58. The van der Waals surface area contributed by atoms with Crippen molar-refractivity contribution in [3.8, 4) is 0 Å². The van der Waals surface area contributed by atoms with Gasteiger partial charge in [-0.3, -0.25) is 4.79 Å². The molecule has 0 bridgehead atoms. The van der Waals surface area contributed by atoms with Crippen molar-refractivity contribution in [3.05, 3.63) is 34.9 Å². The standard InChI is InChI=1S/C16H21ClN2O4/c1-2-22-15(20)7-8-18-16(21)19-9-10-23-14(11-19)12-3-5-13(17)6-4-12/h3-6,14H,2,7-11H2,1H3,(H,18,21)/t14-/m1/s1. The molecule has 7 heteroatoms. The van der Waals surface area contributed by atoms with Crippen LogP contribution in [0.2, 0.25) is 5.02 Å². The second-order valence-electron chi connectivity index (χ2n) is 5.14. The van der Waals surface area contributed by atoms with E-state index >= 15 is 0 Å². The quantitative estimate of drug-likeness (QED) is 0.836. The molecule has 1 saturated heterocycles. The van der Waals surface area contributed by atoms with E-state index < -0.39 is 0 Å². The van der Waals surface area contributed by atoms with Crippen LogP contribution in [0, 0.1) is 0 Å². The van der Waals surface area contributed by atoms with E-state index in [4.69, 9.17) is 21.1 Å². The first-order chi connectivity index (χ1) is 11.1. The van der Waals surface area contributed by atoms with Crippen molar-refractivity contribution in [3.63, 3.8) is 0 Å². The van der Waals surface area contributed by atoms with Crippen LogP contribution in [-0.2, 0) is 14.3 Å². The van der Waals surface area contributed by atoms with Crippen molar-refractivity contribution in [1.29, 1.82) is 0 Å². The Morgan fingerprint density at radius 3 is 2.83 bits per heavy atom. The Morgan fingerprint density at radius 1 is 1.39 bits per heavy atom. The fourth-order valence-electron chi connectivity index (χ4n) is 2.33. The van der Waals surface area contributed by atoms with Gasteiger partial charge in [-0.1, -0.05) is 23.7 Å². The summed E-state index contributed by atoms with van der Waals surface area (Å²) >= 11 is 5.88. The molecule has 1 aromatic carbocycles. The Morgan fingerprint density at radius 2 is 2.13 bits per heavy atom. The van der Waals surface area contributed by atoms with E-state index in [0.717, 1.165) is 5.56 Å². The van der Waals surface area contributed by atoms with Gasteiger partial charge in [0.2, 0.25) is 0 Å². The van der Waals surface area contributed by atoms with Crippen LogP contribution in [-0.4, -0.2) is 49.7 Å². The zero-order valence-corrected chi connectivity index (χ0v) is 13.8. The molecule has 126 valence electrons. The van der Waals surface area contributed by atoms with Crippen molar-refractivity contribution >= 4 is 23.6 Å². The predicted molar refractivity (Wildman–Crippen MR) is 86.4 cm³/mol. The molecular formula is C16H21ClN2O4. The number of carbonyl (C=O) groups excluding carboxylic acids is 2. The van der Waals surface area contributed by atoms with Gasteiger partial charge in [0.25, 0.3) is 0 Å². The summed E-state index contributed by atoms with van der Waals surface area (Å²) in [6, 6.07) is 7.21. The minimum Gasteiger partial charge on any atom is -0.466 e. The number of nitrogens with zero attached hydrogens (tertiary/aromatic N) is 1. The van der Waals surface area contributed by atoms with Crippen LogP contribution in [0.3, 0.4) is 0 Å². The van der Waals surface area contributed by atoms with Crippen molar-refractivity contribution in [2.75, 3.05) is 32.8 Å². The number of ether oxygens (including phenoxy) is 2. The molecule has 1 N–H and O–H groups in total. The van der Waals surface area contributed by atoms with E-state index in [0.29, 0.717) is 31.3 Å². The van der Waals surface area contributed by atoms with E-state index in [1.165, 1.54) is 0 Å². The van der Waals surface area contributed by atoms with Crippen LogP contribution in [0.25, 0.3) is 0 Å². The van der Waals surface area contributed by atoms with E-state index in [-0.39, 0.29) is 31.1 Å². The molecule has 2 rings (SSSR count). The highest BCUT2D eigenvalue weighted by Crippen LogP contribution is 2.23. The maximum Gasteiger partial charge on any atom is 0.317 e. The number of urea groups is 1. The number of hydrogen-bond acceptors (Lipinski definition) is 4. The van der Waals surface area contributed by atoms with Crippen LogP contribution in [0.1, 0.15) is 25.0 Å². The van der Waals surface area contributed by atoms with Crippen molar-refractivity contribution in [2.45, 2.75) is 19.4 Å². The molecule has 1 aliphatic rings. The summed E-state index contributed by atoms with van der Waals surface area (Å²) in [5.74, 6) is -0.311. The third-order valence-corrected chi connectivity index (χ3v) is 3.76. The van der Waals surface area contributed by atoms with Gasteiger partial charge < -0.3 is 19.7 Å². The molecule has 2 amide bonds. The normalized spacial score (nSPS) is 17.7. The van der Waals surface area contributed by atoms with E-state index in [2.05, 4.69) is 5.32 Å². The molecule has 23 heavy (non-hydrogen) atoms. The molecule has 1 aromatic rings. The van der Waals surface area contributed by atoms with Gasteiger partial charge in [0.05, 0.1) is 26.2 Å². The summed E-state index contributed by atoms with van der Waals surface area (Å²) in [6.45, 7) is 3.82. The number of benzene rings is 1. The number of nitrogens with one attached hydrogen (secondary N) is 1. The highest BCUT2D eigenvalue weighted by Gasteiger charge is 2.25. The maximum absolute atomic E-state index is 12.2. The molecule has 0 aliphatic carbocycles. The molecule has 1 atom stereocenters. The third-order valence-electron chi connectivity index (χ3n) is 3.51. The number of hydrogen-bond donors (Lipinski definition) is 1. The lowest BCUT2D eigenvalue weighted by molar-refractivity contribution is -0.142. The lowest BCUT2D eigenvalue weighted by atomic mass is 10.1. The Bertz CT molecular complexity index is 535. The van der Waals surface area contributed by atoms with Gasteiger partial charge in [0.1, 0.15) is 6.10 Å². The van der Waals surface area contributed by atoms with Crippen LogP contribution in [0.4, 0.5) is 4.79 Å². The monoisotopic (exact) mass is 340 g/mol. The molecule has 1 fully saturated rings. The zero-order chi connectivity index (χ0) is 16.7. The highest BCUT2D eigenvalue weighted by atomic mass is 35.5. The smallest absolute Gasteiger partial charge is 0.317 e. The first-order valence-corrected chi connectivity index (χ1v) is 8.03. The van der Waals surface area contributed by atoms with E-state index in [1.54, 1.807) is 24.0 Å². The highest BCUT2D eigenvalue weighted by molar-refractivity contribution is 6.30. The number of carbonyl (C=O) groups is 2. The SMILES string of the molecule is CCOC(=O)CCNC(=O)N1CCO[C@@H](c2ccc(Cl)cc2)C1. The van der Waals surface area contributed by atoms with Crippen molar-refractivity contribution in [2.24, 2.45) is 0 Å². The number of halogens is 1. The molecule has 1 heterocycles. The summed E-state index contributed by atoms with van der Waals surface area (Å²) in [5, 5.41) is 3.40. The van der Waals surface area contributed by atoms with Crippen LogP contribution in [0.5, 0.6) is 0 Å². The van der Waals surface area contributed by atoms with Crippen LogP contribution < -0.4 is 5.32 Å². The van der Waals surface area contributed by atoms with Crippen molar-refractivity contribution in [1.82, 2.24) is 10.2 Å². The number of amides is 2. The minimum absolute atomic E-state index is 0.170. The summed E-state index contributed by atoms with van der Waals surface area (Å²) in [6.07, 6.45) is 0.00156. The largest absolute Gasteiger partial charge is 0.466 e. The fraction of sp³-hybridized carbons (Fsp3) is 0.500. The molecule has 6 nitrogen and oxygen atoms in total. The average molecular weight is 341 g/mol. The predicted octanol–water partition coefficient (Wildman–Crippen LogP) is 2.38. The fourth-order valence-corrected chi connectivity index (χ4v) is 2.46. The lowest BCUT2D eigenvalue weighted by Gasteiger charge is -2.33. The molecule has 0 saturated carbocycles. The first kappa shape index (κ1) is 17.6. The number of rotatable bonds is 5. The van der Waals surface area contributed by atoms with Crippen molar-refractivity contribution < 1.29 is 19.1 Å². The van der Waals surface area contributed by atoms with E-state index in [1.807, 2.05) is 12.1 Å². The Hall–Kier alpha value is -1.79.